The number of hydrogen-bond acceptors (Lipinski definition) is 2. The number of carbonyl (C=O) groups is 1. The molecule has 142 valence electrons. The van der Waals surface area contributed by atoms with E-state index >= 15 is 0 Å². The van der Waals surface area contributed by atoms with Crippen LogP contribution in [-0.2, 0) is 4.79 Å². The largest absolute Gasteiger partial charge is 0.389 e. The maximum absolute atomic E-state index is 12.2. The van der Waals surface area contributed by atoms with E-state index < -0.39 is 5.60 Å². The molecule has 0 aromatic carbocycles. The van der Waals surface area contributed by atoms with Crippen molar-refractivity contribution in [3.8, 4) is 0 Å². The molecule has 4 aliphatic carbocycles. The number of fused-ring (bicyclic) bond motifs is 5. The molecule has 0 aromatic rings. The minimum Gasteiger partial charge on any atom is -0.389 e. The van der Waals surface area contributed by atoms with Crippen LogP contribution in [-0.4, -0.2) is 16.5 Å². The third-order valence-electron chi connectivity index (χ3n) is 10.0. The van der Waals surface area contributed by atoms with Gasteiger partial charge in [0, 0.05) is 12.8 Å². The minimum atomic E-state index is -0.427. The summed E-state index contributed by atoms with van der Waals surface area (Å²) in [6.45, 7) is 9.51. The first kappa shape index (κ1) is 18.0. The van der Waals surface area contributed by atoms with E-state index in [9.17, 15) is 9.90 Å². The summed E-state index contributed by atoms with van der Waals surface area (Å²) in [6, 6.07) is 0. The first-order valence-corrected chi connectivity index (χ1v) is 11.0. The summed E-state index contributed by atoms with van der Waals surface area (Å²) in [5.41, 5.74) is 0.0496. The quantitative estimate of drug-likeness (QED) is 0.729. The third kappa shape index (κ3) is 2.28. The Kier molecular flexibility index (Phi) is 4.19. The fourth-order valence-corrected chi connectivity index (χ4v) is 8.41. The molecule has 1 N–H and O–H groups in total. The normalized spacial score (nSPS) is 55.4. The van der Waals surface area contributed by atoms with Crippen LogP contribution in [0.2, 0.25) is 0 Å². The van der Waals surface area contributed by atoms with Crippen LogP contribution in [0.15, 0.2) is 0 Å². The molecule has 0 saturated heterocycles. The van der Waals surface area contributed by atoms with Crippen LogP contribution in [0.4, 0.5) is 0 Å². The van der Waals surface area contributed by atoms with Crippen LogP contribution in [0, 0.1) is 40.4 Å². The molecule has 1 unspecified atom stereocenters. The van der Waals surface area contributed by atoms with E-state index in [2.05, 4.69) is 27.7 Å². The monoisotopic (exact) mass is 346 g/mol. The lowest BCUT2D eigenvalue weighted by Gasteiger charge is -2.62. The van der Waals surface area contributed by atoms with E-state index in [-0.39, 0.29) is 5.41 Å². The molecule has 0 heterocycles. The summed E-state index contributed by atoms with van der Waals surface area (Å²) >= 11 is 0. The van der Waals surface area contributed by atoms with Gasteiger partial charge in [-0.2, -0.15) is 0 Å². The van der Waals surface area contributed by atoms with Crippen molar-refractivity contribution < 1.29 is 9.90 Å². The van der Waals surface area contributed by atoms with E-state index in [4.69, 9.17) is 0 Å². The first-order valence-electron chi connectivity index (χ1n) is 11.0. The van der Waals surface area contributed by atoms with Crippen molar-refractivity contribution in [1.29, 1.82) is 0 Å². The van der Waals surface area contributed by atoms with E-state index in [0.29, 0.717) is 29.0 Å². The first-order chi connectivity index (χ1) is 11.8. The van der Waals surface area contributed by atoms with E-state index in [1.807, 2.05) is 0 Å². The third-order valence-corrected chi connectivity index (χ3v) is 10.0. The molecular formula is C23H38O2. The van der Waals surface area contributed by atoms with Gasteiger partial charge in [0.1, 0.15) is 5.78 Å². The van der Waals surface area contributed by atoms with Gasteiger partial charge in [-0.1, -0.05) is 34.1 Å². The summed E-state index contributed by atoms with van der Waals surface area (Å²) in [5, 5.41) is 11.5. The standard InChI is InChI=1S/C23H38O2/c1-5-10-23(25)12-9-19-18-7-6-16-14-17(24)13-15(2)22(16,4)20(18)8-11-21(19,23)3/h15-16,18-20,25H,5-14H2,1-4H3/t15-,16?,18-,19-,20-,21-,22-,23-/m0/s1. The summed E-state index contributed by atoms with van der Waals surface area (Å²) in [6.07, 6.45) is 11.0. The number of aliphatic hydroxyl groups is 1. The van der Waals surface area contributed by atoms with Gasteiger partial charge in [-0.15, -0.1) is 0 Å². The van der Waals surface area contributed by atoms with Crippen LogP contribution >= 0.6 is 0 Å². The molecule has 0 amide bonds. The lowest BCUT2D eigenvalue weighted by Crippen LogP contribution is -2.58. The molecule has 4 saturated carbocycles. The average molecular weight is 347 g/mol. The second-order valence-electron chi connectivity index (χ2n) is 10.6. The van der Waals surface area contributed by atoms with Crippen molar-refractivity contribution in [2.45, 2.75) is 97.5 Å². The number of hydrogen-bond donors (Lipinski definition) is 1. The maximum atomic E-state index is 12.2. The molecule has 0 spiro atoms. The zero-order chi connectivity index (χ0) is 18.0. The van der Waals surface area contributed by atoms with Crippen molar-refractivity contribution in [3.63, 3.8) is 0 Å². The molecule has 2 nitrogen and oxygen atoms in total. The van der Waals surface area contributed by atoms with Crippen molar-refractivity contribution in [3.05, 3.63) is 0 Å². The molecule has 0 aliphatic heterocycles. The molecular weight excluding hydrogens is 308 g/mol. The number of carbonyl (C=O) groups excluding carboxylic acids is 1. The summed E-state index contributed by atoms with van der Waals surface area (Å²) in [4.78, 5) is 12.2. The Labute approximate surface area is 154 Å². The lowest BCUT2D eigenvalue weighted by molar-refractivity contribution is -0.169. The number of Topliss-reactive ketones (excluding diaryl/α,β-unsaturated/α-hetero) is 1. The molecule has 4 aliphatic rings. The van der Waals surface area contributed by atoms with Gasteiger partial charge in [-0.05, 0) is 85.4 Å². The molecule has 0 radical (unpaired) electrons. The molecule has 8 atom stereocenters. The Morgan fingerprint density at radius 3 is 2.48 bits per heavy atom. The van der Waals surface area contributed by atoms with Crippen molar-refractivity contribution in [2.24, 2.45) is 40.4 Å². The fourth-order valence-electron chi connectivity index (χ4n) is 8.41. The highest BCUT2D eigenvalue weighted by atomic mass is 16.3. The van der Waals surface area contributed by atoms with Gasteiger partial charge in [-0.3, -0.25) is 4.79 Å². The van der Waals surface area contributed by atoms with Crippen LogP contribution in [0.5, 0.6) is 0 Å². The molecule has 0 aromatic heterocycles. The second kappa shape index (κ2) is 5.81. The highest BCUT2D eigenvalue weighted by molar-refractivity contribution is 5.80. The van der Waals surface area contributed by atoms with Gasteiger partial charge in [0.05, 0.1) is 5.60 Å². The predicted octanol–water partition coefficient (Wildman–Crippen LogP) is 5.38. The smallest absolute Gasteiger partial charge is 0.133 e. The highest BCUT2D eigenvalue weighted by Gasteiger charge is 2.65. The highest BCUT2D eigenvalue weighted by Crippen LogP contribution is 2.69. The SMILES string of the molecule is CCC[C@]1(O)CC[C@H]2[C@@H]3CCC4CC(=O)C[C@H](C)[C@]4(C)[C@H]3CC[C@@]21C. The fraction of sp³-hybridized carbons (Fsp3) is 0.957. The van der Waals surface area contributed by atoms with E-state index in [1.54, 1.807) is 0 Å². The van der Waals surface area contributed by atoms with Crippen molar-refractivity contribution in [2.75, 3.05) is 0 Å². The van der Waals surface area contributed by atoms with Crippen LogP contribution in [0.25, 0.3) is 0 Å². The summed E-state index contributed by atoms with van der Waals surface area (Å²) in [7, 11) is 0. The van der Waals surface area contributed by atoms with E-state index in [1.165, 1.54) is 32.1 Å². The Bertz CT molecular complexity index is 556. The maximum Gasteiger partial charge on any atom is 0.133 e. The summed E-state index contributed by atoms with van der Waals surface area (Å²) in [5.74, 6) is 3.91. The Morgan fingerprint density at radius 2 is 1.76 bits per heavy atom. The van der Waals surface area contributed by atoms with Crippen LogP contribution < -0.4 is 0 Å². The van der Waals surface area contributed by atoms with E-state index in [0.717, 1.165) is 43.9 Å². The Morgan fingerprint density at radius 1 is 1.04 bits per heavy atom. The second-order valence-corrected chi connectivity index (χ2v) is 10.6. The van der Waals surface area contributed by atoms with Gasteiger partial charge in [0.2, 0.25) is 0 Å². The lowest BCUT2D eigenvalue weighted by atomic mass is 9.42. The number of ketones is 1. The van der Waals surface area contributed by atoms with Gasteiger partial charge in [-0.25, -0.2) is 0 Å². The Balaban J connectivity index is 1.65. The average Bonchev–Trinajstić information content (AvgIpc) is 2.81. The van der Waals surface area contributed by atoms with Crippen LogP contribution in [0.3, 0.4) is 0 Å². The summed E-state index contributed by atoms with van der Waals surface area (Å²) < 4.78 is 0. The number of rotatable bonds is 2. The van der Waals surface area contributed by atoms with Gasteiger partial charge in [0.15, 0.2) is 0 Å². The van der Waals surface area contributed by atoms with Gasteiger partial charge in [0.25, 0.3) is 0 Å². The molecule has 0 bridgehead atoms. The van der Waals surface area contributed by atoms with Gasteiger partial charge < -0.3 is 5.11 Å². The van der Waals surface area contributed by atoms with Gasteiger partial charge >= 0.3 is 0 Å². The van der Waals surface area contributed by atoms with Crippen molar-refractivity contribution >= 4 is 5.78 Å². The molecule has 2 heteroatoms. The molecule has 25 heavy (non-hydrogen) atoms. The topological polar surface area (TPSA) is 37.3 Å². The zero-order valence-electron chi connectivity index (χ0n) is 16.8. The molecule has 4 fully saturated rings. The van der Waals surface area contributed by atoms with Crippen LogP contribution in [0.1, 0.15) is 91.9 Å². The minimum absolute atomic E-state index is 0.126. The van der Waals surface area contributed by atoms with Crippen molar-refractivity contribution in [1.82, 2.24) is 0 Å². The Hall–Kier alpha value is -0.370. The predicted molar refractivity (Wildman–Crippen MR) is 101 cm³/mol. The zero-order valence-corrected chi connectivity index (χ0v) is 16.8. The molecule has 4 rings (SSSR count).